The first-order chi connectivity index (χ1) is 12.9. The number of methoxy groups -OCH3 is 1. The number of nitrogens with one attached hydrogen (secondary N) is 1. The summed E-state index contributed by atoms with van der Waals surface area (Å²) in [5.41, 5.74) is 0.733. The monoisotopic (exact) mass is 452 g/mol. The number of carbonyl (C=O) groups excluding carboxylic acids is 1. The molecule has 3 rings (SSSR count). The molecule has 0 bridgehead atoms. The number of benzene rings is 2. The molecule has 2 aromatic rings. The van der Waals surface area contributed by atoms with Crippen molar-refractivity contribution in [3.63, 3.8) is 0 Å². The number of halogens is 1. The van der Waals surface area contributed by atoms with Crippen LogP contribution in [0.1, 0.15) is 12.8 Å². The fourth-order valence-corrected chi connectivity index (χ4v) is 4.77. The minimum absolute atomic E-state index is 0.0705. The maximum absolute atomic E-state index is 12.8. The van der Waals surface area contributed by atoms with E-state index in [2.05, 4.69) is 21.2 Å². The van der Waals surface area contributed by atoms with E-state index in [1.165, 1.54) is 11.4 Å². The number of ether oxygens (including phenoxy) is 1. The molecule has 0 saturated carbocycles. The van der Waals surface area contributed by atoms with Crippen molar-refractivity contribution in [1.82, 2.24) is 4.31 Å². The maximum atomic E-state index is 12.8. The van der Waals surface area contributed by atoms with Crippen LogP contribution in [0.4, 0.5) is 5.69 Å². The third kappa shape index (κ3) is 4.69. The Morgan fingerprint density at radius 3 is 2.22 bits per heavy atom. The van der Waals surface area contributed by atoms with Crippen LogP contribution in [-0.2, 0) is 14.8 Å². The number of carbonyl (C=O) groups is 1. The Balaban J connectivity index is 1.60. The summed E-state index contributed by atoms with van der Waals surface area (Å²) in [6, 6.07) is 13.7. The van der Waals surface area contributed by atoms with Gasteiger partial charge in [0.2, 0.25) is 15.9 Å². The first kappa shape index (κ1) is 19.9. The SMILES string of the molecule is COc1ccc(S(=O)(=O)N2CCC(C(=O)Nc3ccc(Br)cc3)CC2)cc1. The van der Waals surface area contributed by atoms with Crippen molar-refractivity contribution in [2.75, 3.05) is 25.5 Å². The summed E-state index contributed by atoms with van der Waals surface area (Å²) in [5.74, 6) is 0.340. The zero-order valence-electron chi connectivity index (χ0n) is 14.9. The molecule has 1 N–H and O–H groups in total. The predicted molar refractivity (Wildman–Crippen MR) is 107 cm³/mol. The average Bonchev–Trinajstić information content (AvgIpc) is 2.70. The highest BCUT2D eigenvalue weighted by Gasteiger charge is 2.32. The minimum atomic E-state index is -3.56. The number of nitrogens with zero attached hydrogens (tertiary/aromatic N) is 1. The van der Waals surface area contributed by atoms with Gasteiger partial charge in [0, 0.05) is 29.2 Å². The number of rotatable bonds is 5. The molecule has 1 aliphatic heterocycles. The maximum Gasteiger partial charge on any atom is 0.243 e. The first-order valence-corrected chi connectivity index (χ1v) is 10.8. The molecule has 0 atom stereocenters. The standard InChI is InChI=1S/C19H21BrN2O4S/c1-26-17-6-8-18(9-7-17)27(24,25)22-12-10-14(11-13-22)19(23)21-16-4-2-15(20)3-5-16/h2-9,14H,10-13H2,1H3,(H,21,23). The summed E-state index contributed by atoms with van der Waals surface area (Å²) in [4.78, 5) is 12.7. The van der Waals surface area contributed by atoms with E-state index < -0.39 is 10.0 Å². The van der Waals surface area contributed by atoms with Crippen molar-refractivity contribution in [2.45, 2.75) is 17.7 Å². The smallest absolute Gasteiger partial charge is 0.243 e. The van der Waals surface area contributed by atoms with E-state index >= 15 is 0 Å². The topological polar surface area (TPSA) is 75.7 Å². The Bertz CT molecular complexity index is 890. The van der Waals surface area contributed by atoms with Gasteiger partial charge in [-0.25, -0.2) is 8.42 Å². The predicted octanol–water partition coefficient (Wildman–Crippen LogP) is 3.50. The lowest BCUT2D eigenvalue weighted by Crippen LogP contribution is -2.41. The zero-order valence-corrected chi connectivity index (χ0v) is 17.3. The van der Waals surface area contributed by atoms with E-state index in [4.69, 9.17) is 4.74 Å². The Morgan fingerprint density at radius 1 is 1.07 bits per heavy atom. The van der Waals surface area contributed by atoms with E-state index in [9.17, 15) is 13.2 Å². The molecule has 0 aromatic heterocycles. The molecule has 144 valence electrons. The molecule has 1 amide bonds. The Hall–Kier alpha value is -1.90. The fraction of sp³-hybridized carbons (Fsp3) is 0.316. The number of hydrogen-bond acceptors (Lipinski definition) is 4. The van der Waals surface area contributed by atoms with Crippen molar-refractivity contribution >= 4 is 37.5 Å². The van der Waals surface area contributed by atoms with Crippen LogP contribution >= 0.6 is 15.9 Å². The molecule has 8 heteroatoms. The summed E-state index contributed by atoms with van der Waals surface area (Å²) in [5, 5.41) is 2.90. The molecule has 0 spiro atoms. The van der Waals surface area contributed by atoms with Gasteiger partial charge < -0.3 is 10.1 Å². The van der Waals surface area contributed by atoms with Gasteiger partial charge in [-0.05, 0) is 61.4 Å². The molecule has 2 aromatic carbocycles. The quantitative estimate of drug-likeness (QED) is 0.752. The molecule has 0 unspecified atom stereocenters. The van der Waals surface area contributed by atoms with Crippen LogP contribution in [0.3, 0.4) is 0 Å². The second-order valence-electron chi connectivity index (χ2n) is 6.35. The number of sulfonamides is 1. The van der Waals surface area contributed by atoms with Crippen LogP contribution in [0, 0.1) is 5.92 Å². The lowest BCUT2D eigenvalue weighted by Gasteiger charge is -2.30. The third-order valence-electron chi connectivity index (χ3n) is 4.63. The molecule has 0 aliphatic carbocycles. The van der Waals surface area contributed by atoms with Gasteiger partial charge >= 0.3 is 0 Å². The van der Waals surface area contributed by atoms with Crippen molar-refractivity contribution in [1.29, 1.82) is 0 Å². The lowest BCUT2D eigenvalue weighted by atomic mass is 9.97. The highest BCUT2D eigenvalue weighted by molar-refractivity contribution is 9.10. The summed E-state index contributed by atoms with van der Waals surface area (Å²) >= 11 is 3.36. The second-order valence-corrected chi connectivity index (χ2v) is 9.20. The van der Waals surface area contributed by atoms with Gasteiger partial charge in [-0.2, -0.15) is 4.31 Å². The van der Waals surface area contributed by atoms with E-state index in [-0.39, 0.29) is 16.7 Å². The molecular formula is C19H21BrN2O4S. The molecule has 1 heterocycles. The lowest BCUT2D eigenvalue weighted by molar-refractivity contribution is -0.120. The average molecular weight is 453 g/mol. The van der Waals surface area contributed by atoms with E-state index in [0.29, 0.717) is 31.7 Å². The molecule has 1 saturated heterocycles. The second kappa shape index (κ2) is 8.41. The van der Waals surface area contributed by atoms with Gasteiger partial charge in [-0.3, -0.25) is 4.79 Å². The highest BCUT2D eigenvalue weighted by Crippen LogP contribution is 2.26. The summed E-state index contributed by atoms with van der Waals surface area (Å²) in [6.07, 6.45) is 0.996. The molecular weight excluding hydrogens is 432 g/mol. The summed E-state index contributed by atoms with van der Waals surface area (Å²) in [6.45, 7) is 0.652. The largest absolute Gasteiger partial charge is 0.497 e. The summed E-state index contributed by atoms with van der Waals surface area (Å²) in [7, 11) is -2.02. The highest BCUT2D eigenvalue weighted by atomic mass is 79.9. The third-order valence-corrected chi connectivity index (χ3v) is 7.08. The number of piperidine rings is 1. The van der Waals surface area contributed by atoms with Crippen LogP contribution in [0.25, 0.3) is 0 Å². The van der Waals surface area contributed by atoms with Crippen molar-refractivity contribution in [2.24, 2.45) is 5.92 Å². The normalized spacial score (nSPS) is 16.1. The minimum Gasteiger partial charge on any atom is -0.497 e. The van der Waals surface area contributed by atoms with Crippen molar-refractivity contribution in [3.05, 3.63) is 53.0 Å². The Labute approximate surface area is 167 Å². The molecule has 27 heavy (non-hydrogen) atoms. The van der Waals surface area contributed by atoms with Crippen LogP contribution < -0.4 is 10.1 Å². The van der Waals surface area contributed by atoms with Gasteiger partial charge in [0.15, 0.2) is 0 Å². The van der Waals surface area contributed by atoms with Gasteiger partial charge in [0.1, 0.15) is 5.75 Å². The van der Waals surface area contributed by atoms with Gasteiger partial charge in [-0.15, -0.1) is 0 Å². The Kier molecular flexibility index (Phi) is 6.18. The van der Waals surface area contributed by atoms with E-state index in [0.717, 1.165) is 10.2 Å². The van der Waals surface area contributed by atoms with Gasteiger partial charge in [0.05, 0.1) is 12.0 Å². The fourth-order valence-electron chi connectivity index (χ4n) is 3.03. The first-order valence-electron chi connectivity index (χ1n) is 8.61. The van der Waals surface area contributed by atoms with Crippen LogP contribution in [0.2, 0.25) is 0 Å². The zero-order chi connectivity index (χ0) is 19.4. The van der Waals surface area contributed by atoms with Crippen molar-refractivity contribution < 1.29 is 17.9 Å². The Morgan fingerprint density at radius 2 is 1.67 bits per heavy atom. The van der Waals surface area contributed by atoms with Crippen LogP contribution in [0.5, 0.6) is 5.75 Å². The number of anilines is 1. The van der Waals surface area contributed by atoms with Crippen molar-refractivity contribution in [3.8, 4) is 5.75 Å². The van der Waals surface area contributed by atoms with E-state index in [1.54, 1.807) is 24.3 Å². The number of hydrogen-bond donors (Lipinski definition) is 1. The molecule has 6 nitrogen and oxygen atoms in total. The van der Waals surface area contributed by atoms with Gasteiger partial charge in [0.25, 0.3) is 0 Å². The molecule has 1 fully saturated rings. The van der Waals surface area contributed by atoms with Gasteiger partial charge in [-0.1, -0.05) is 15.9 Å². The summed E-state index contributed by atoms with van der Waals surface area (Å²) < 4.78 is 33.0. The molecule has 0 radical (unpaired) electrons. The van der Waals surface area contributed by atoms with Crippen LogP contribution in [0.15, 0.2) is 57.9 Å². The van der Waals surface area contributed by atoms with E-state index in [1.807, 2.05) is 24.3 Å². The number of amides is 1. The van der Waals surface area contributed by atoms with Crippen LogP contribution in [-0.4, -0.2) is 38.8 Å². The molecule has 1 aliphatic rings.